The third-order valence-electron chi connectivity index (χ3n) is 7.11. The molecule has 1 atom stereocenters. The Morgan fingerprint density at radius 3 is 2.25 bits per heavy atom. The van der Waals surface area contributed by atoms with Gasteiger partial charge in [0.25, 0.3) is 5.91 Å². The number of para-hydroxylation sites is 1. The maximum absolute atomic E-state index is 12.7. The highest BCUT2D eigenvalue weighted by atomic mass is 16.2. The lowest BCUT2D eigenvalue weighted by atomic mass is 9.94. The number of hydrogen-bond acceptors (Lipinski definition) is 4. The molecule has 5 rings (SSSR count). The van der Waals surface area contributed by atoms with Crippen molar-refractivity contribution in [2.24, 2.45) is 5.73 Å². The van der Waals surface area contributed by atoms with Crippen LogP contribution >= 0.6 is 0 Å². The van der Waals surface area contributed by atoms with Gasteiger partial charge in [-0.25, -0.2) is 0 Å². The smallest absolute Gasteiger partial charge is 0.270 e. The Kier molecular flexibility index (Phi) is 8.73. The Labute approximate surface area is 211 Å². The molecule has 2 fully saturated rings. The summed E-state index contributed by atoms with van der Waals surface area (Å²) in [6.45, 7) is 3.75. The maximum atomic E-state index is 12.7. The second-order valence-electron chi connectivity index (χ2n) is 9.42. The van der Waals surface area contributed by atoms with E-state index < -0.39 is 11.9 Å². The molecular weight excluding hydrogens is 454 g/mol. The molecule has 1 aliphatic carbocycles. The molecule has 3 aromatic rings. The number of H-pyrrole nitrogens is 1. The van der Waals surface area contributed by atoms with Gasteiger partial charge in [-0.3, -0.25) is 19.3 Å². The van der Waals surface area contributed by atoms with Crippen molar-refractivity contribution in [1.82, 2.24) is 20.1 Å². The van der Waals surface area contributed by atoms with Crippen molar-refractivity contribution in [3.8, 4) is 0 Å². The Bertz CT molecular complexity index is 1120. The Morgan fingerprint density at radius 2 is 1.61 bits per heavy atom. The zero-order valence-electron chi connectivity index (χ0n) is 20.6. The number of aromatic nitrogens is 1. The minimum absolute atomic E-state index is 0.143. The van der Waals surface area contributed by atoms with Gasteiger partial charge in [0.05, 0.1) is 0 Å². The van der Waals surface area contributed by atoms with Crippen LogP contribution in [0.1, 0.15) is 54.2 Å². The molecule has 0 radical (unpaired) electrons. The fourth-order valence-electron chi connectivity index (χ4n) is 5.15. The maximum Gasteiger partial charge on any atom is 0.270 e. The van der Waals surface area contributed by atoms with Crippen molar-refractivity contribution in [1.29, 1.82) is 0 Å². The van der Waals surface area contributed by atoms with Gasteiger partial charge in [0.1, 0.15) is 11.7 Å². The van der Waals surface area contributed by atoms with E-state index in [4.69, 9.17) is 5.73 Å². The summed E-state index contributed by atoms with van der Waals surface area (Å²) in [4.78, 5) is 41.7. The highest BCUT2D eigenvalue weighted by molar-refractivity contribution is 5.98. The van der Waals surface area contributed by atoms with E-state index in [9.17, 15) is 14.4 Å². The fourth-order valence-corrected chi connectivity index (χ4v) is 5.15. The van der Waals surface area contributed by atoms with Crippen LogP contribution in [0.5, 0.6) is 0 Å². The Hall–Kier alpha value is -3.65. The first kappa shape index (κ1) is 25.4. The first-order valence-corrected chi connectivity index (χ1v) is 12.7. The number of hydrogen-bond donors (Lipinski definition) is 3. The van der Waals surface area contributed by atoms with Crippen LogP contribution in [0.4, 0.5) is 0 Å². The zero-order valence-corrected chi connectivity index (χ0v) is 20.6. The summed E-state index contributed by atoms with van der Waals surface area (Å²) >= 11 is 0. The summed E-state index contributed by atoms with van der Waals surface area (Å²) in [5, 5.41) is 3.45. The molecule has 8 heteroatoms. The fraction of sp³-hybridized carbons (Fsp3) is 0.393. The average molecular weight is 490 g/mol. The van der Waals surface area contributed by atoms with Crippen LogP contribution in [0.15, 0.2) is 60.7 Å². The first-order valence-electron chi connectivity index (χ1n) is 12.7. The minimum Gasteiger partial charge on any atom is -0.368 e. The molecule has 1 saturated heterocycles. The van der Waals surface area contributed by atoms with E-state index in [-0.39, 0.29) is 5.91 Å². The second kappa shape index (κ2) is 12.4. The number of piperazine rings is 1. The monoisotopic (exact) mass is 489 g/mol. The summed E-state index contributed by atoms with van der Waals surface area (Å²) < 4.78 is 0. The number of amides is 3. The Balaban J connectivity index is 0.000000200. The van der Waals surface area contributed by atoms with E-state index in [0.717, 1.165) is 48.8 Å². The largest absolute Gasteiger partial charge is 0.368 e. The molecular formula is C28H35N5O3. The highest BCUT2D eigenvalue weighted by Gasteiger charge is 2.28. The van der Waals surface area contributed by atoms with Gasteiger partial charge in [0.2, 0.25) is 12.3 Å². The van der Waals surface area contributed by atoms with Gasteiger partial charge in [-0.2, -0.15) is 0 Å². The van der Waals surface area contributed by atoms with E-state index in [0.29, 0.717) is 12.0 Å². The highest BCUT2D eigenvalue weighted by Crippen LogP contribution is 2.24. The summed E-state index contributed by atoms with van der Waals surface area (Å²) in [5.41, 5.74) is 7.54. The first-order chi connectivity index (χ1) is 17.6. The predicted molar refractivity (Wildman–Crippen MR) is 140 cm³/mol. The van der Waals surface area contributed by atoms with Gasteiger partial charge in [-0.1, -0.05) is 67.8 Å². The van der Waals surface area contributed by atoms with Crippen molar-refractivity contribution in [2.45, 2.75) is 44.2 Å². The normalized spacial score (nSPS) is 17.6. The Morgan fingerprint density at radius 1 is 0.944 bits per heavy atom. The topological polar surface area (TPSA) is 112 Å². The van der Waals surface area contributed by atoms with Gasteiger partial charge in [0, 0.05) is 43.1 Å². The standard InChI is InChI=1S/C19H25N3O.C9H10N2O2/c23-19(18-14-15-6-4-5-9-17(15)20-18)22-12-10-21(11-13-22)16-7-2-1-3-8-16;10-9(13)8(11-6-12)7-4-2-1-3-5-7/h4-6,9,14,16,20H,1-3,7-8,10-13H2;1-6,8H,(H2,10,13)(H,11,12). The summed E-state index contributed by atoms with van der Waals surface area (Å²) in [6, 6.07) is 18.9. The van der Waals surface area contributed by atoms with E-state index in [1.807, 2.05) is 41.3 Å². The number of fused-ring (bicyclic) bond motifs is 1. The number of benzene rings is 2. The second-order valence-corrected chi connectivity index (χ2v) is 9.42. The molecule has 1 saturated carbocycles. The van der Waals surface area contributed by atoms with Crippen molar-refractivity contribution in [3.05, 3.63) is 71.9 Å². The van der Waals surface area contributed by atoms with Gasteiger partial charge in [-0.15, -0.1) is 0 Å². The number of nitrogens with two attached hydrogens (primary N) is 1. The molecule has 4 N–H and O–H groups in total. The molecule has 3 amide bonds. The third-order valence-corrected chi connectivity index (χ3v) is 7.11. The molecule has 2 aromatic carbocycles. The lowest BCUT2D eigenvalue weighted by molar-refractivity contribution is -0.122. The molecule has 2 aliphatic rings. The molecule has 1 aliphatic heterocycles. The van der Waals surface area contributed by atoms with Crippen molar-refractivity contribution >= 4 is 29.1 Å². The summed E-state index contributed by atoms with van der Waals surface area (Å²) in [6.07, 6.45) is 7.29. The van der Waals surface area contributed by atoms with Gasteiger partial charge in [-0.05, 0) is 30.5 Å². The van der Waals surface area contributed by atoms with Crippen LogP contribution < -0.4 is 11.1 Å². The number of nitrogens with zero attached hydrogens (tertiary/aromatic N) is 2. The average Bonchev–Trinajstić information content (AvgIpc) is 3.37. The lowest BCUT2D eigenvalue weighted by Gasteiger charge is -2.40. The summed E-state index contributed by atoms with van der Waals surface area (Å²) in [5.74, 6) is -0.428. The quantitative estimate of drug-likeness (QED) is 0.462. The van der Waals surface area contributed by atoms with Crippen molar-refractivity contribution < 1.29 is 14.4 Å². The number of carbonyl (C=O) groups excluding carboxylic acids is 3. The third kappa shape index (κ3) is 6.31. The van der Waals surface area contributed by atoms with Gasteiger partial charge in [0.15, 0.2) is 0 Å². The molecule has 0 spiro atoms. The van der Waals surface area contributed by atoms with E-state index in [2.05, 4.69) is 15.2 Å². The van der Waals surface area contributed by atoms with Gasteiger partial charge < -0.3 is 20.9 Å². The molecule has 2 heterocycles. The van der Waals surface area contributed by atoms with E-state index in [1.165, 1.54) is 32.1 Å². The van der Waals surface area contributed by atoms with Crippen LogP contribution in [-0.2, 0) is 9.59 Å². The van der Waals surface area contributed by atoms with E-state index in [1.54, 1.807) is 24.3 Å². The summed E-state index contributed by atoms with van der Waals surface area (Å²) in [7, 11) is 0. The van der Waals surface area contributed by atoms with Crippen LogP contribution in [0.2, 0.25) is 0 Å². The number of rotatable bonds is 6. The number of carbonyl (C=O) groups is 3. The minimum atomic E-state index is -0.737. The van der Waals surface area contributed by atoms with Crippen LogP contribution in [-0.4, -0.2) is 65.2 Å². The molecule has 1 unspecified atom stereocenters. The molecule has 0 bridgehead atoms. The van der Waals surface area contributed by atoms with Crippen molar-refractivity contribution in [3.63, 3.8) is 0 Å². The van der Waals surface area contributed by atoms with E-state index >= 15 is 0 Å². The number of primary amides is 1. The van der Waals surface area contributed by atoms with Crippen LogP contribution in [0.25, 0.3) is 10.9 Å². The number of nitrogens with one attached hydrogen (secondary N) is 2. The molecule has 8 nitrogen and oxygen atoms in total. The van der Waals surface area contributed by atoms with Crippen LogP contribution in [0.3, 0.4) is 0 Å². The van der Waals surface area contributed by atoms with Gasteiger partial charge >= 0.3 is 0 Å². The molecule has 190 valence electrons. The molecule has 1 aromatic heterocycles. The lowest BCUT2D eigenvalue weighted by Crippen LogP contribution is -2.52. The van der Waals surface area contributed by atoms with Crippen molar-refractivity contribution in [2.75, 3.05) is 26.2 Å². The van der Waals surface area contributed by atoms with Crippen LogP contribution in [0, 0.1) is 0 Å². The SMILES string of the molecule is NC(=O)C(NC=O)c1ccccc1.O=C(c1cc2ccccc2[nH]1)N1CCN(C2CCCCC2)CC1. The predicted octanol–water partition coefficient (Wildman–Crippen LogP) is 3.22. The molecule has 36 heavy (non-hydrogen) atoms. The zero-order chi connectivity index (χ0) is 25.3. The number of aromatic amines is 1.